The number of ketones is 1. The molecule has 1 atom stereocenters. The normalized spacial score (nSPS) is 15.6. The summed E-state index contributed by atoms with van der Waals surface area (Å²) in [5.74, 6) is 0.427. The number of nitro benzene ring substituents is 1. The summed E-state index contributed by atoms with van der Waals surface area (Å²) in [5, 5.41) is 22.4. The zero-order chi connectivity index (χ0) is 22.0. The zero-order valence-electron chi connectivity index (χ0n) is 17.2. The first-order valence-corrected chi connectivity index (χ1v) is 10.2. The second-order valence-electron chi connectivity index (χ2n) is 7.82. The Hall–Kier alpha value is -3.52. The summed E-state index contributed by atoms with van der Waals surface area (Å²) in [5.41, 5.74) is 1.21. The molecule has 1 fully saturated rings. The molecule has 160 valence electrons. The van der Waals surface area contributed by atoms with E-state index in [9.17, 15) is 20.0 Å². The molecule has 0 saturated carbocycles. The van der Waals surface area contributed by atoms with Gasteiger partial charge in [0.25, 0.3) is 5.69 Å². The van der Waals surface area contributed by atoms with Crippen LogP contribution in [0.15, 0.2) is 60.9 Å². The minimum atomic E-state index is -0.664. The average Bonchev–Trinajstić information content (AvgIpc) is 3.24. The van der Waals surface area contributed by atoms with Gasteiger partial charge in [-0.3, -0.25) is 14.9 Å². The van der Waals surface area contributed by atoms with E-state index in [4.69, 9.17) is 0 Å². The fourth-order valence-corrected chi connectivity index (χ4v) is 4.16. The molecule has 0 amide bonds. The Balaban J connectivity index is 1.51. The molecule has 1 unspecified atom stereocenters. The predicted molar refractivity (Wildman–Crippen MR) is 116 cm³/mol. The number of piperidine rings is 1. The highest BCUT2D eigenvalue weighted by Gasteiger charge is 2.31. The van der Waals surface area contributed by atoms with Crippen LogP contribution in [-0.4, -0.2) is 38.5 Å². The zero-order valence-corrected chi connectivity index (χ0v) is 17.2. The lowest BCUT2D eigenvalue weighted by Crippen LogP contribution is -2.36. The number of aliphatic hydroxyl groups is 1. The molecule has 1 aliphatic heterocycles. The number of rotatable bonds is 6. The number of nitro groups is 1. The number of benzene rings is 2. The van der Waals surface area contributed by atoms with Gasteiger partial charge in [-0.2, -0.15) is 0 Å². The summed E-state index contributed by atoms with van der Waals surface area (Å²) in [6.07, 6.45) is 4.18. The van der Waals surface area contributed by atoms with E-state index in [1.807, 2.05) is 22.6 Å². The fourth-order valence-electron chi connectivity index (χ4n) is 4.16. The van der Waals surface area contributed by atoms with E-state index >= 15 is 0 Å². The molecule has 1 N–H and O–H groups in total. The van der Waals surface area contributed by atoms with Crippen LogP contribution in [0.2, 0.25) is 0 Å². The minimum Gasteiger partial charge on any atom is -0.385 e. The van der Waals surface area contributed by atoms with Crippen molar-refractivity contribution in [2.24, 2.45) is 13.0 Å². The van der Waals surface area contributed by atoms with Crippen LogP contribution in [0.5, 0.6) is 0 Å². The first kappa shape index (κ1) is 20.7. The average molecular weight is 420 g/mol. The number of imidazole rings is 1. The topological polar surface area (TPSA) is 102 Å². The molecule has 3 aromatic rings. The first-order chi connectivity index (χ1) is 15.0. The smallest absolute Gasteiger partial charge is 0.293 e. The van der Waals surface area contributed by atoms with Gasteiger partial charge in [0.15, 0.2) is 5.78 Å². The van der Waals surface area contributed by atoms with Gasteiger partial charge in [0.1, 0.15) is 17.6 Å². The number of hydrogen-bond acceptors (Lipinski definition) is 6. The standard InChI is InChI=1S/C23H24N4O4/c1-25-14-11-24-23(25)22(29)17-9-12-26(13-10-17)19-8-7-18(15-20(19)27(30)31)21(28)16-5-3-2-4-6-16/h2-8,11,14-15,17,22,29H,9-10,12-13H2,1H3. The number of aromatic nitrogens is 2. The van der Waals surface area contributed by atoms with Crippen molar-refractivity contribution in [3.63, 3.8) is 0 Å². The van der Waals surface area contributed by atoms with Crippen LogP contribution in [0, 0.1) is 16.0 Å². The quantitative estimate of drug-likeness (QED) is 0.372. The highest BCUT2D eigenvalue weighted by atomic mass is 16.6. The SMILES string of the molecule is Cn1ccnc1C(O)C1CCN(c2ccc(C(=O)c3ccccc3)cc2[N+](=O)[O-])CC1. The Morgan fingerprint density at radius 1 is 1.16 bits per heavy atom. The number of aliphatic hydroxyl groups excluding tert-OH is 1. The molecule has 8 heteroatoms. The van der Waals surface area contributed by atoms with Crippen molar-refractivity contribution in [2.75, 3.05) is 18.0 Å². The summed E-state index contributed by atoms with van der Waals surface area (Å²) in [7, 11) is 1.85. The fraction of sp³-hybridized carbons (Fsp3) is 0.304. The first-order valence-electron chi connectivity index (χ1n) is 10.2. The molecule has 31 heavy (non-hydrogen) atoms. The Labute approximate surface area is 179 Å². The van der Waals surface area contributed by atoms with Crippen molar-refractivity contribution in [2.45, 2.75) is 18.9 Å². The Kier molecular flexibility index (Phi) is 5.81. The lowest BCUT2D eigenvalue weighted by molar-refractivity contribution is -0.384. The second kappa shape index (κ2) is 8.69. The summed E-state index contributed by atoms with van der Waals surface area (Å²) < 4.78 is 1.81. The molecule has 0 radical (unpaired) electrons. The lowest BCUT2D eigenvalue weighted by Gasteiger charge is -2.35. The van der Waals surface area contributed by atoms with Gasteiger partial charge in [0.2, 0.25) is 0 Å². The van der Waals surface area contributed by atoms with Gasteiger partial charge in [-0.1, -0.05) is 30.3 Å². The largest absolute Gasteiger partial charge is 0.385 e. The molecule has 0 aliphatic carbocycles. The van der Waals surface area contributed by atoms with Crippen LogP contribution in [-0.2, 0) is 7.05 Å². The number of anilines is 1. The highest BCUT2D eigenvalue weighted by Crippen LogP contribution is 2.36. The molecular weight excluding hydrogens is 396 g/mol. The van der Waals surface area contributed by atoms with E-state index in [2.05, 4.69) is 4.98 Å². The van der Waals surface area contributed by atoms with E-state index < -0.39 is 11.0 Å². The van der Waals surface area contributed by atoms with Crippen LogP contribution < -0.4 is 4.90 Å². The van der Waals surface area contributed by atoms with Crippen LogP contribution in [0.25, 0.3) is 0 Å². The molecule has 4 rings (SSSR count). The summed E-state index contributed by atoms with van der Waals surface area (Å²) in [4.78, 5) is 30.2. The van der Waals surface area contributed by atoms with Gasteiger partial charge in [-0.05, 0) is 30.9 Å². The number of carbonyl (C=O) groups is 1. The number of carbonyl (C=O) groups excluding carboxylic acids is 1. The van der Waals surface area contributed by atoms with Crippen LogP contribution >= 0.6 is 0 Å². The maximum Gasteiger partial charge on any atom is 0.293 e. The molecule has 1 aliphatic rings. The molecule has 0 spiro atoms. The summed E-state index contributed by atoms with van der Waals surface area (Å²) in [6, 6.07) is 13.4. The van der Waals surface area contributed by atoms with E-state index in [0.29, 0.717) is 48.6 Å². The summed E-state index contributed by atoms with van der Waals surface area (Å²) >= 11 is 0. The Morgan fingerprint density at radius 2 is 1.87 bits per heavy atom. The Bertz CT molecular complexity index is 1090. The van der Waals surface area contributed by atoms with Crippen LogP contribution in [0.1, 0.15) is 40.7 Å². The minimum absolute atomic E-state index is 0.0373. The van der Waals surface area contributed by atoms with Crippen LogP contribution in [0.3, 0.4) is 0 Å². The number of nitrogens with zero attached hydrogens (tertiary/aromatic N) is 4. The maximum absolute atomic E-state index is 12.7. The third-order valence-electron chi connectivity index (χ3n) is 5.92. The third-order valence-corrected chi connectivity index (χ3v) is 5.92. The molecule has 1 saturated heterocycles. The second-order valence-corrected chi connectivity index (χ2v) is 7.82. The van der Waals surface area contributed by atoms with Gasteiger partial charge >= 0.3 is 0 Å². The van der Waals surface area contributed by atoms with Crippen molar-refractivity contribution in [3.8, 4) is 0 Å². The third kappa shape index (κ3) is 4.20. The maximum atomic E-state index is 12.7. The van der Waals surface area contributed by atoms with Crippen molar-refractivity contribution < 1.29 is 14.8 Å². The van der Waals surface area contributed by atoms with Crippen molar-refractivity contribution >= 4 is 17.2 Å². The molecule has 2 heterocycles. The highest BCUT2D eigenvalue weighted by molar-refractivity contribution is 6.09. The molecular formula is C23H24N4O4. The number of hydrogen-bond donors (Lipinski definition) is 1. The van der Waals surface area contributed by atoms with Gasteiger partial charge in [-0.15, -0.1) is 0 Å². The van der Waals surface area contributed by atoms with Crippen molar-refractivity contribution in [3.05, 3.63) is 88.0 Å². The van der Waals surface area contributed by atoms with E-state index in [1.54, 1.807) is 48.8 Å². The monoisotopic (exact) mass is 420 g/mol. The van der Waals surface area contributed by atoms with Gasteiger partial charge in [0, 0.05) is 49.7 Å². The van der Waals surface area contributed by atoms with E-state index in [-0.39, 0.29) is 17.4 Å². The molecule has 8 nitrogen and oxygen atoms in total. The lowest BCUT2D eigenvalue weighted by atomic mass is 9.90. The molecule has 2 aromatic carbocycles. The van der Waals surface area contributed by atoms with Crippen molar-refractivity contribution in [1.82, 2.24) is 9.55 Å². The Morgan fingerprint density at radius 3 is 2.48 bits per heavy atom. The van der Waals surface area contributed by atoms with Crippen LogP contribution in [0.4, 0.5) is 11.4 Å². The van der Waals surface area contributed by atoms with Gasteiger partial charge in [-0.25, -0.2) is 4.98 Å². The molecule has 1 aromatic heterocycles. The van der Waals surface area contributed by atoms with E-state index in [1.165, 1.54) is 6.07 Å². The predicted octanol–water partition coefficient (Wildman–Crippen LogP) is 3.51. The van der Waals surface area contributed by atoms with Gasteiger partial charge in [0.05, 0.1) is 4.92 Å². The number of aryl methyl sites for hydroxylation is 1. The van der Waals surface area contributed by atoms with E-state index in [0.717, 1.165) is 0 Å². The molecule has 0 bridgehead atoms. The van der Waals surface area contributed by atoms with Gasteiger partial charge < -0.3 is 14.6 Å². The summed E-state index contributed by atoms with van der Waals surface area (Å²) in [6.45, 7) is 1.16. The van der Waals surface area contributed by atoms with Crippen molar-refractivity contribution in [1.29, 1.82) is 0 Å².